The Bertz CT molecular complexity index is 740. The van der Waals surface area contributed by atoms with Gasteiger partial charge in [-0.05, 0) is 24.0 Å². The fraction of sp³-hybridized carbons (Fsp3) is 0.462. The summed E-state index contributed by atoms with van der Waals surface area (Å²) in [6.07, 6.45) is 2.13. The van der Waals surface area contributed by atoms with E-state index in [0.29, 0.717) is 26.3 Å². The van der Waals surface area contributed by atoms with E-state index in [2.05, 4.69) is 0 Å². The van der Waals surface area contributed by atoms with Crippen molar-refractivity contribution in [3.05, 3.63) is 71.8 Å². The summed E-state index contributed by atoms with van der Waals surface area (Å²) >= 11 is 0. The van der Waals surface area contributed by atoms with Crippen molar-refractivity contribution in [1.29, 1.82) is 0 Å². The molecule has 6 nitrogen and oxygen atoms in total. The zero-order valence-corrected chi connectivity index (χ0v) is 19.2. The summed E-state index contributed by atoms with van der Waals surface area (Å²) in [4.78, 5) is 31.2. The molecule has 32 heavy (non-hydrogen) atoms. The summed E-state index contributed by atoms with van der Waals surface area (Å²) in [6, 6.07) is 19.7. The Kier molecular flexibility index (Phi) is 12.1. The predicted octanol–water partition coefficient (Wildman–Crippen LogP) is 5.07. The first-order chi connectivity index (χ1) is 15.6. The summed E-state index contributed by atoms with van der Waals surface area (Å²) in [5.74, 6) is -1.01. The zero-order valence-electron chi connectivity index (χ0n) is 19.2. The summed E-state index contributed by atoms with van der Waals surface area (Å²) < 4.78 is 10.6. The van der Waals surface area contributed by atoms with Crippen LogP contribution < -0.4 is 0 Å². The minimum absolute atomic E-state index is 0.186. The number of hydrogen-bond acceptors (Lipinski definition) is 6. The molecule has 2 aromatic rings. The fourth-order valence-corrected chi connectivity index (χ4v) is 3.00. The smallest absolute Gasteiger partial charge is 0.338 e. The molecule has 2 rings (SSSR count). The Balaban J connectivity index is 2.13. The van der Waals surface area contributed by atoms with Crippen molar-refractivity contribution in [2.45, 2.75) is 65.1 Å². The van der Waals surface area contributed by atoms with Crippen LogP contribution in [0, 0.1) is 0 Å². The Hall–Kier alpha value is -2.70. The summed E-state index contributed by atoms with van der Waals surface area (Å²) in [6.45, 7) is 5.60. The summed E-state index contributed by atoms with van der Waals surface area (Å²) in [5.41, 5.74) is 2.07. The highest BCUT2D eigenvalue weighted by molar-refractivity contribution is 5.81. The second kappa shape index (κ2) is 15.2. The van der Waals surface area contributed by atoms with Crippen LogP contribution in [0.1, 0.15) is 57.1 Å². The topological polar surface area (TPSA) is 65.1 Å². The van der Waals surface area contributed by atoms with Gasteiger partial charge in [-0.3, -0.25) is 9.63 Å². The van der Waals surface area contributed by atoms with E-state index in [4.69, 9.17) is 14.3 Å². The van der Waals surface area contributed by atoms with Gasteiger partial charge in [0.25, 0.3) is 0 Å². The van der Waals surface area contributed by atoms with Gasteiger partial charge in [0.15, 0.2) is 6.10 Å². The second-order valence-corrected chi connectivity index (χ2v) is 7.66. The van der Waals surface area contributed by atoms with Gasteiger partial charge in [-0.1, -0.05) is 87.4 Å². The quantitative estimate of drug-likeness (QED) is 0.219. The highest BCUT2D eigenvalue weighted by Crippen LogP contribution is 2.15. The van der Waals surface area contributed by atoms with Crippen molar-refractivity contribution in [3.8, 4) is 0 Å². The van der Waals surface area contributed by atoms with E-state index >= 15 is 0 Å². The second-order valence-electron chi connectivity index (χ2n) is 7.66. The molecule has 0 aromatic heterocycles. The molecule has 2 aromatic carbocycles. The Morgan fingerprint density at radius 2 is 1.28 bits per heavy atom. The number of carbonyl (C=O) groups excluding carboxylic acids is 2. The van der Waals surface area contributed by atoms with Gasteiger partial charge in [0.1, 0.15) is 0 Å². The van der Waals surface area contributed by atoms with Crippen LogP contribution in [-0.4, -0.2) is 36.3 Å². The van der Waals surface area contributed by atoms with E-state index in [9.17, 15) is 9.59 Å². The molecule has 0 spiro atoms. The normalized spacial score (nSPS) is 11.8. The maximum Gasteiger partial charge on any atom is 0.338 e. The van der Waals surface area contributed by atoms with Crippen molar-refractivity contribution < 1.29 is 23.9 Å². The van der Waals surface area contributed by atoms with Crippen LogP contribution in [0.5, 0.6) is 0 Å². The molecule has 0 radical (unpaired) electrons. The standard InChI is InChI=1S/C26H35NO5/c1-3-5-17-30-25(28)19-24(26(29)31-18-6-4-2)32-27(20-22-13-9-7-10-14-22)21-23-15-11-8-12-16-23/h7-16,24H,3-6,17-21H2,1-2H3. The SMILES string of the molecule is CCCCOC(=O)CC(ON(Cc1ccccc1)Cc1ccccc1)C(=O)OCCCC. The number of esters is 2. The van der Waals surface area contributed by atoms with E-state index in [1.807, 2.05) is 74.5 Å². The predicted molar refractivity (Wildman–Crippen MR) is 123 cm³/mol. The van der Waals surface area contributed by atoms with Gasteiger partial charge >= 0.3 is 11.9 Å². The lowest BCUT2D eigenvalue weighted by Crippen LogP contribution is -2.37. The third-order valence-electron chi connectivity index (χ3n) is 4.80. The largest absolute Gasteiger partial charge is 0.466 e. The third-order valence-corrected chi connectivity index (χ3v) is 4.80. The average molecular weight is 442 g/mol. The van der Waals surface area contributed by atoms with Crippen LogP contribution >= 0.6 is 0 Å². The number of nitrogens with zero attached hydrogens (tertiary/aromatic N) is 1. The Morgan fingerprint density at radius 3 is 1.78 bits per heavy atom. The molecule has 174 valence electrons. The van der Waals surface area contributed by atoms with Gasteiger partial charge in [0, 0.05) is 13.1 Å². The number of unbranched alkanes of at least 4 members (excludes halogenated alkanes) is 2. The van der Waals surface area contributed by atoms with Crippen LogP contribution in [0.4, 0.5) is 0 Å². The molecule has 1 atom stereocenters. The molecule has 0 N–H and O–H groups in total. The first-order valence-electron chi connectivity index (χ1n) is 11.4. The molecular formula is C26H35NO5. The number of hydrogen-bond donors (Lipinski definition) is 0. The van der Waals surface area contributed by atoms with Crippen LogP contribution in [0.3, 0.4) is 0 Å². The van der Waals surface area contributed by atoms with Crippen LogP contribution in [0.2, 0.25) is 0 Å². The van der Waals surface area contributed by atoms with Crippen molar-refractivity contribution >= 4 is 11.9 Å². The molecule has 0 saturated heterocycles. The average Bonchev–Trinajstić information content (AvgIpc) is 2.80. The number of ether oxygens (including phenoxy) is 2. The summed E-state index contributed by atoms with van der Waals surface area (Å²) in [5, 5.41) is 1.70. The highest BCUT2D eigenvalue weighted by atomic mass is 16.7. The van der Waals surface area contributed by atoms with Gasteiger partial charge < -0.3 is 9.47 Å². The minimum atomic E-state index is -1.06. The van der Waals surface area contributed by atoms with Gasteiger partial charge in [-0.2, -0.15) is 5.06 Å². The third kappa shape index (κ3) is 10.1. The lowest BCUT2D eigenvalue weighted by molar-refractivity contribution is -0.226. The molecule has 0 amide bonds. The van der Waals surface area contributed by atoms with Crippen LogP contribution in [-0.2, 0) is 37.0 Å². The van der Waals surface area contributed by atoms with Crippen molar-refractivity contribution in [3.63, 3.8) is 0 Å². The maximum atomic E-state index is 12.7. The minimum Gasteiger partial charge on any atom is -0.466 e. The number of hydroxylamine groups is 2. The zero-order chi connectivity index (χ0) is 23.0. The molecule has 1 unspecified atom stereocenters. The first kappa shape index (κ1) is 25.6. The van der Waals surface area contributed by atoms with Crippen molar-refractivity contribution in [2.75, 3.05) is 13.2 Å². The van der Waals surface area contributed by atoms with Gasteiger partial charge in [0.2, 0.25) is 0 Å². The van der Waals surface area contributed by atoms with E-state index in [0.717, 1.165) is 36.8 Å². The number of rotatable bonds is 15. The summed E-state index contributed by atoms with van der Waals surface area (Å²) in [7, 11) is 0. The highest BCUT2D eigenvalue weighted by Gasteiger charge is 2.28. The molecule has 0 bridgehead atoms. The van der Waals surface area contributed by atoms with Gasteiger partial charge in [-0.25, -0.2) is 4.79 Å². The van der Waals surface area contributed by atoms with E-state index in [1.165, 1.54) is 0 Å². The Labute approximate surface area is 191 Å². The number of carbonyl (C=O) groups is 2. The van der Waals surface area contributed by atoms with Crippen molar-refractivity contribution in [1.82, 2.24) is 5.06 Å². The fourth-order valence-electron chi connectivity index (χ4n) is 3.00. The van der Waals surface area contributed by atoms with E-state index in [1.54, 1.807) is 5.06 Å². The lowest BCUT2D eigenvalue weighted by atomic mass is 10.2. The molecule has 0 saturated carbocycles. The van der Waals surface area contributed by atoms with Gasteiger partial charge in [-0.15, -0.1) is 0 Å². The van der Waals surface area contributed by atoms with Crippen molar-refractivity contribution in [2.24, 2.45) is 0 Å². The monoisotopic (exact) mass is 441 g/mol. The number of benzene rings is 2. The Morgan fingerprint density at radius 1 is 0.781 bits per heavy atom. The lowest BCUT2D eigenvalue weighted by Gasteiger charge is -2.26. The van der Waals surface area contributed by atoms with E-state index in [-0.39, 0.29) is 6.42 Å². The molecule has 0 aliphatic carbocycles. The molecule has 0 aliphatic rings. The molecule has 0 heterocycles. The van der Waals surface area contributed by atoms with Gasteiger partial charge in [0.05, 0.1) is 19.6 Å². The molecule has 6 heteroatoms. The van der Waals surface area contributed by atoms with Crippen LogP contribution in [0.15, 0.2) is 60.7 Å². The maximum absolute atomic E-state index is 12.7. The first-order valence-corrected chi connectivity index (χ1v) is 11.4. The molecular weight excluding hydrogens is 406 g/mol. The molecule has 0 aliphatic heterocycles. The molecule has 0 fully saturated rings. The van der Waals surface area contributed by atoms with Crippen LogP contribution in [0.25, 0.3) is 0 Å². The van der Waals surface area contributed by atoms with E-state index < -0.39 is 18.0 Å².